The summed E-state index contributed by atoms with van der Waals surface area (Å²) in [5, 5.41) is 16.0. The summed E-state index contributed by atoms with van der Waals surface area (Å²) in [6, 6.07) is 12.1. The zero-order chi connectivity index (χ0) is 45.2. The molecule has 4 aliphatic carbocycles. The quantitative estimate of drug-likeness (QED) is 0.0669. The smallest absolute Gasteiger partial charge is 0.392 e. The predicted octanol–water partition coefficient (Wildman–Crippen LogP) is 9.84. The molecule has 0 bridgehead atoms. The van der Waals surface area contributed by atoms with Crippen molar-refractivity contribution in [3.8, 4) is 11.5 Å². The van der Waals surface area contributed by atoms with Crippen LogP contribution in [0.5, 0.6) is 11.5 Å². The average molecular weight is 904 g/mol. The monoisotopic (exact) mass is 903 g/mol. The van der Waals surface area contributed by atoms with Gasteiger partial charge in [-0.1, -0.05) is 44.8 Å². The van der Waals surface area contributed by atoms with Gasteiger partial charge in [-0.3, -0.25) is 19.8 Å². The van der Waals surface area contributed by atoms with Crippen molar-refractivity contribution in [1.29, 1.82) is 0 Å². The first-order chi connectivity index (χ1) is 30.4. The fraction of sp³-hybridized carbons (Fsp3) is 0.532. The molecular formula is C47H56F3N7O6S. The van der Waals surface area contributed by atoms with Gasteiger partial charge in [0.15, 0.2) is 0 Å². The van der Waals surface area contributed by atoms with Crippen molar-refractivity contribution in [2.45, 2.75) is 89.6 Å². The molecular weight excluding hydrogens is 848 g/mol. The van der Waals surface area contributed by atoms with E-state index in [0.29, 0.717) is 62.4 Å². The van der Waals surface area contributed by atoms with Crippen molar-refractivity contribution in [3.05, 3.63) is 87.7 Å². The number of piperazine rings is 1. The average Bonchev–Trinajstić information content (AvgIpc) is 3.54. The van der Waals surface area contributed by atoms with Crippen LogP contribution in [0.3, 0.4) is 0 Å². The van der Waals surface area contributed by atoms with Crippen LogP contribution in [0.25, 0.3) is 11.0 Å². The minimum absolute atomic E-state index is 0.0655. The Hall–Kier alpha value is -5.16. The third-order valence-corrected chi connectivity index (χ3v) is 16.1. The van der Waals surface area contributed by atoms with E-state index in [2.05, 4.69) is 50.6 Å². The number of ether oxygens (including phenoxy) is 1. The Kier molecular flexibility index (Phi) is 11.5. The summed E-state index contributed by atoms with van der Waals surface area (Å²) in [4.78, 5) is 37.0. The molecule has 3 atom stereocenters. The second kappa shape index (κ2) is 16.7. The highest BCUT2D eigenvalue weighted by molar-refractivity contribution is 7.90. The van der Waals surface area contributed by atoms with Crippen molar-refractivity contribution in [2.75, 3.05) is 49.5 Å². The Morgan fingerprint density at radius 1 is 1.03 bits per heavy atom. The standard InChI is InChI=1S/C47H56F3N7O6S/c1-29-4-6-30(7-5-29)26-52-40-11-9-35(22-41(40)57(59)60)64(61,62)54-44(58)36-10-8-33(21-42(36)63-34-20-31-13-15-51-43(31)53-27-34)56-18-16-55(17-19-56)28-32-12-14-45(2,3)23-37(32)46-24-38(46)39(25-46)47(48,49)50/h8-11,13,15,20-22,27,29-30,38-39,52H,4-7,12,14,16-19,23-26,28H2,1-3H3,(H,51,53)(H,54,58). The van der Waals surface area contributed by atoms with Crippen LogP contribution >= 0.6 is 0 Å². The first kappa shape index (κ1) is 44.1. The summed E-state index contributed by atoms with van der Waals surface area (Å²) in [6.45, 7) is 10.6. The molecule has 9 rings (SSSR count). The van der Waals surface area contributed by atoms with Crippen LogP contribution in [-0.4, -0.2) is 79.6 Å². The number of benzene rings is 2. The number of nitrogens with zero attached hydrogens (tertiary/aromatic N) is 4. The Bertz CT molecular complexity index is 2600. The number of sulfonamides is 1. The molecule has 2 aromatic carbocycles. The first-order valence-corrected chi connectivity index (χ1v) is 24.0. The fourth-order valence-corrected chi connectivity index (χ4v) is 11.8. The number of anilines is 2. The Labute approximate surface area is 371 Å². The van der Waals surface area contributed by atoms with Gasteiger partial charge in [0, 0.05) is 68.7 Å². The second-order valence-corrected chi connectivity index (χ2v) is 21.4. The molecule has 1 aliphatic heterocycles. The van der Waals surface area contributed by atoms with Crippen molar-refractivity contribution >= 4 is 44.0 Å². The van der Waals surface area contributed by atoms with Crippen LogP contribution in [-0.2, 0) is 10.0 Å². The van der Waals surface area contributed by atoms with E-state index in [9.17, 15) is 36.5 Å². The first-order valence-electron chi connectivity index (χ1n) is 22.5. The molecule has 13 nitrogen and oxygen atoms in total. The molecule has 64 heavy (non-hydrogen) atoms. The number of allylic oxidation sites excluding steroid dienone is 1. The van der Waals surface area contributed by atoms with Gasteiger partial charge >= 0.3 is 6.18 Å². The van der Waals surface area contributed by atoms with Crippen LogP contribution in [0.1, 0.15) is 88.9 Å². The maximum atomic E-state index is 13.9. The highest BCUT2D eigenvalue weighted by Crippen LogP contribution is 2.78. The molecule has 3 N–H and O–H groups in total. The van der Waals surface area contributed by atoms with Gasteiger partial charge in [0.25, 0.3) is 21.6 Å². The minimum Gasteiger partial charge on any atom is -0.455 e. The second-order valence-electron chi connectivity index (χ2n) is 19.8. The number of pyridine rings is 1. The lowest BCUT2D eigenvalue weighted by molar-refractivity contribution is -0.384. The number of carbonyl (C=O) groups excluding carboxylic acids is 1. The van der Waals surface area contributed by atoms with Crippen LogP contribution in [0, 0.1) is 44.6 Å². The van der Waals surface area contributed by atoms with E-state index < -0.39 is 43.5 Å². The number of hydrogen-bond acceptors (Lipinski definition) is 10. The van der Waals surface area contributed by atoms with E-state index in [-0.39, 0.29) is 40.2 Å². The van der Waals surface area contributed by atoms with Gasteiger partial charge in [-0.2, -0.15) is 13.2 Å². The van der Waals surface area contributed by atoms with Crippen LogP contribution < -0.4 is 19.7 Å². The Morgan fingerprint density at radius 3 is 2.52 bits per heavy atom. The van der Waals surface area contributed by atoms with Gasteiger partial charge in [0.05, 0.1) is 27.5 Å². The zero-order valence-corrected chi connectivity index (χ0v) is 37.3. The number of hydrogen-bond donors (Lipinski definition) is 3. The normalized spacial score (nSPS) is 25.9. The lowest BCUT2D eigenvalue weighted by Crippen LogP contribution is -2.47. The molecule has 3 unspecified atom stereocenters. The van der Waals surface area contributed by atoms with Crippen molar-refractivity contribution in [3.63, 3.8) is 0 Å². The SMILES string of the molecule is CC1CCC(CNc2ccc(S(=O)(=O)NC(=O)c3ccc(N4CCN(CC5=C(C67CC(C(F)(F)F)C6C7)CC(C)(C)CC5)CC4)cc3Oc3cnc4[nH]ccc4c3)cc2[N+](=O)[O-])CC1. The lowest BCUT2D eigenvalue weighted by atomic mass is 9.62. The van der Waals surface area contributed by atoms with Gasteiger partial charge in [0.1, 0.15) is 22.8 Å². The van der Waals surface area contributed by atoms with Gasteiger partial charge < -0.3 is 19.9 Å². The number of carbonyl (C=O) groups is 1. The molecule has 0 radical (unpaired) electrons. The fourth-order valence-electron chi connectivity index (χ4n) is 10.8. The van der Waals surface area contributed by atoms with Crippen LogP contribution in [0.4, 0.5) is 30.2 Å². The van der Waals surface area contributed by atoms with Crippen molar-refractivity contribution < 1.29 is 36.0 Å². The lowest BCUT2D eigenvalue weighted by Gasteiger charge is -2.45. The Balaban J connectivity index is 0.912. The highest BCUT2D eigenvalue weighted by Gasteiger charge is 2.75. The number of nitro groups is 1. The van der Waals surface area contributed by atoms with Gasteiger partial charge in [0.2, 0.25) is 0 Å². The third kappa shape index (κ3) is 8.93. The number of rotatable bonds is 13. The van der Waals surface area contributed by atoms with Gasteiger partial charge in [-0.25, -0.2) is 18.1 Å². The van der Waals surface area contributed by atoms with Crippen molar-refractivity contribution in [1.82, 2.24) is 19.6 Å². The minimum atomic E-state index is -4.58. The van der Waals surface area contributed by atoms with E-state index in [0.717, 1.165) is 68.6 Å². The van der Waals surface area contributed by atoms with Gasteiger partial charge in [-0.15, -0.1) is 0 Å². The number of aromatic nitrogens is 2. The molecule has 342 valence electrons. The number of H-pyrrole nitrogens is 1. The summed E-state index contributed by atoms with van der Waals surface area (Å²) in [7, 11) is -4.58. The maximum Gasteiger partial charge on any atom is 0.392 e. The molecule has 4 aromatic rings. The molecule has 5 aliphatic rings. The molecule has 2 aromatic heterocycles. The van der Waals surface area contributed by atoms with E-state index in [1.54, 1.807) is 24.4 Å². The summed E-state index contributed by atoms with van der Waals surface area (Å²) in [5.41, 5.74) is 3.51. The van der Waals surface area contributed by atoms with Crippen LogP contribution in [0.15, 0.2) is 77.0 Å². The maximum absolute atomic E-state index is 13.9. The van der Waals surface area contributed by atoms with Crippen LogP contribution in [0.2, 0.25) is 0 Å². The number of alkyl halides is 3. The number of amides is 1. The summed E-state index contributed by atoms with van der Waals surface area (Å²) < 4.78 is 76.9. The molecule has 3 heterocycles. The zero-order valence-electron chi connectivity index (χ0n) is 36.5. The number of aromatic amines is 1. The third-order valence-electron chi connectivity index (χ3n) is 14.8. The summed E-state index contributed by atoms with van der Waals surface area (Å²) >= 11 is 0. The summed E-state index contributed by atoms with van der Waals surface area (Å²) in [5.74, 6) is -1.02. The molecule has 4 fully saturated rings. The summed E-state index contributed by atoms with van der Waals surface area (Å²) in [6.07, 6.45) is 6.95. The Morgan fingerprint density at radius 2 is 1.80 bits per heavy atom. The molecule has 0 spiro atoms. The molecule has 17 heteroatoms. The highest BCUT2D eigenvalue weighted by atomic mass is 32.2. The number of halogens is 3. The van der Waals surface area contributed by atoms with E-state index >= 15 is 0 Å². The predicted molar refractivity (Wildman–Crippen MR) is 238 cm³/mol. The van der Waals surface area contributed by atoms with E-state index in [4.69, 9.17) is 4.74 Å². The molecule has 1 amide bonds. The van der Waals surface area contributed by atoms with Gasteiger partial charge in [-0.05, 0) is 110 Å². The molecule has 3 saturated carbocycles. The van der Waals surface area contributed by atoms with E-state index in [1.807, 2.05) is 6.07 Å². The number of nitrogens with one attached hydrogen (secondary N) is 3. The largest absolute Gasteiger partial charge is 0.455 e. The molecule has 1 saturated heterocycles. The number of fused-ring (bicyclic) bond motifs is 2. The van der Waals surface area contributed by atoms with E-state index in [1.165, 1.54) is 35.5 Å². The number of nitro benzene ring substituents is 1. The topological polar surface area (TPSA) is 163 Å². The van der Waals surface area contributed by atoms with Crippen molar-refractivity contribution in [2.24, 2.45) is 34.5 Å².